The van der Waals surface area contributed by atoms with Gasteiger partial charge in [-0.15, -0.1) is 0 Å². The van der Waals surface area contributed by atoms with Crippen molar-refractivity contribution in [2.24, 2.45) is 0 Å². The predicted molar refractivity (Wildman–Crippen MR) is 53.9 cm³/mol. The van der Waals surface area contributed by atoms with Crippen LogP contribution in [-0.4, -0.2) is 28.3 Å². The van der Waals surface area contributed by atoms with Crippen LogP contribution in [0.15, 0.2) is 18.2 Å². The molecule has 0 aromatic heterocycles. The van der Waals surface area contributed by atoms with Crippen molar-refractivity contribution in [1.82, 2.24) is 0 Å². The minimum absolute atomic E-state index is 0.758. The fraction of sp³-hybridized carbons (Fsp3) is 0.400. The van der Waals surface area contributed by atoms with Crippen LogP contribution in [0.5, 0.6) is 11.5 Å². The molecule has 0 saturated carbocycles. The maximum atomic E-state index is 5.18. The molecule has 0 heterocycles. The summed E-state index contributed by atoms with van der Waals surface area (Å²) in [5.41, 5.74) is 1.10. The van der Waals surface area contributed by atoms with Gasteiger partial charge in [0.15, 0.2) is 11.5 Å². The lowest BCUT2D eigenvalue weighted by atomic mass is 10.2. The minimum Gasteiger partial charge on any atom is -0.493 e. The van der Waals surface area contributed by atoms with Crippen LogP contribution in [0.1, 0.15) is 0 Å². The van der Waals surface area contributed by atoms with Crippen molar-refractivity contribution in [1.29, 1.82) is 0 Å². The molecule has 0 bridgehead atoms. The number of hydrogen-bond donors (Lipinski definition) is 0. The number of rotatable bonds is 3. The highest BCUT2D eigenvalue weighted by molar-refractivity contribution is 5.55. The van der Waals surface area contributed by atoms with Crippen molar-refractivity contribution < 1.29 is 9.47 Å². The third-order valence-electron chi connectivity index (χ3n) is 1.88. The highest BCUT2D eigenvalue weighted by Crippen LogP contribution is 2.30. The van der Waals surface area contributed by atoms with Gasteiger partial charge in [0, 0.05) is 25.8 Å². The number of methoxy groups -OCH3 is 2. The standard InChI is InChI=1S/C10H15NO2/c1-11(2)8-5-6-9(12-3)10(7-8)13-4/h5-7H,1-4H3. The molecule has 0 aliphatic rings. The van der Waals surface area contributed by atoms with Gasteiger partial charge in [0.25, 0.3) is 0 Å². The number of anilines is 1. The molecule has 0 amide bonds. The average Bonchev–Trinajstić information content (AvgIpc) is 2.16. The molecule has 3 nitrogen and oxygen atoms in total. The summed E-state index contributed by atoms with van der Waals surface area (Å²) in [5, 5.41) is 0. The third-order valence-corrected chi connectivity index (χ3v) is 1.88. The summed E-state index contributed by atoms with van der Waals surface area (Å²) >= 11 is 0. The molecular formula is C10H15NO2. The number of ether oxygens (including phenoxy) is 2. The molecule has 0 unspecified atom stereocenters. The van der Waals surface area contributed by atoms with Gasteiger partial charge in [-0.3, -0.25) is 0 Å². The second kappa shape index (κ2) is 4.03. The van der Waals surface area contributed by atoms with Crippen LogP contribution in [0, 0.1) is 0 Å². The Balaban J connectivity index is 3.05. The van der Waals surface area contributed by atoms with Gasteiger partial charge >= 0.3 is 0 Å². The zero-order chi connectivity index (χ0) is 9.84. The Bertz CT molecular complexity index is 284. The smallest absolute Gasteiger partial charge is 0.162 e. The Hall–Kier alpha value is -1.38. The molecule has 72 valence electrons. The van der Waals surface area contributed by atoms with E-state index in [0.29, 0.717) is 0 Å². The Morgan fingerprint density at radius 2 is 1.62 bits per heavy atom. The molecule has 0 aliphatic heterocycles. The molecule has 3 heteroatoms. The summed E-state index contributed by atoms with van der Waals surface area (Å²) in [6.45, 7) is 0. The van der Waals surface area contributed by atoms with Gasteiger partial charge in [-0.1, -0.05) is 0 Å². The van der Waals surface area contributed by atoms with E-state index < -0.39 is 0 Å². The molecule has 13 heavy (non-hydrogen) atoms. The Morgan fingerprint density at radius 1 is 1.00 bits per heavy atom. The molecule has 0 saturated heterocycles. The second-order valence-corrected chi connectivity index (χ2v) is 2.93. The number of benzene rings is 1. The van der Waals surface area contributed by atoms with Crippen LogP contribution in [0.25, 0.3) is 0 Å². The van der Waals surface area contributed by atoms with Crippen LogP contribution in [0.2, 0.25) is 0 Å². The summed E-state index contributed by atoms with van der Waals surface area (Å²) in [4.78, 5) is 2.02. The monoisotopic (exact) mass is 181 g/mol. The van der Waals surface area contributed by atoms with E-state index in [1.807, 2.05) is 37.2 Å². The molecule has 1 aromatic rings. The van der Waals surface area contributed by atoms with E-state index in [0.717, 1.165) is 17.2 Å². The summed E-state index contributed by atoms with van der Waals surface area (Å²) in [5.74, 6) is 1.52. The predicted octanol–water partition coefficient (Wildman–Crippen LogP) is 1.77. The van der Waals surface area contributed by atoms with E-state index in [-0.39, 0.29) is 0 Å². The summed E-state index contributed by atoms with van der Waals surface area (Å²) < 4.78 is 10.3. The lowest BCUT2D eigenvalue weighted by molar-refractivity contribution is 0.355. The van der Waals surface area contributed by atoms with E-state index in [1.165, 1.54) is 0 Å². The molecular weight excluding hydrogens is 166 g/mol. The van der Waals surface area contributed by atoms with Crippen LogP contribution in [0.3, 0.4) is 0 Å². The highest BCUT2D eigenvalue weighted by atomic mass is 16.5. The lowest BCUT2D eigenvalue weighted by Gasteiger charge is -2.15. The summed E-state index contributed by atoms with van der Waals surface area (Å²) in [6.07, 6.45) is 0. The fourth-order valence-corrected chi connectivity index (χ4v) is 1.10. The van der Waals surface area contributed by atoms with Crippen LogP contribution < -0.4 is 14.4 Å². The van der Waals surface area contributed by atoms with Crippen LogP contribution >= 0.6 is 0 Å². The first-order chi connectivity index (χ1) is 6.19. The van der Waals surface area contributed by atoms with Gasteiger partial charge in [0.1, 0.15) is 0 Å². The quantitative estimate of drug-likeness (QED) is 0.709. The van der Waals surface area contributed by atoms with Gasteiger partial charge in [-0.05, 0) is 12.1 Å². The van der Waals surface area contributed by atoms with Gasteiger partial charge < -0.3 is 14.4 Å². The lowest BCUT2D eigenvalue weighted by Crippen LogP contribution is -2.08. The van der Waals surface area contributed by atoms with Crippen molar-refractivity contribution in [2.75, 3.05) is 33.2 Å². The summed E-state index contributed by atoms with van der Waals surface area (Å²) in [6, 6.07) is 5.83. The topological polar surface area (TPSA) is 21.7 Å². The van der Waals surface area contributed by atoms with E-state index in [2.05, 4.69) is 0 Å². The molecule has 0 radical (unpaired) electrons. The first-order valence-electron chi connectivity index (χ1n) is 4.08. The molecule has 0 atom stereocenters. The largest absolute Gasteiger partial charge is 0.493 e. The average molecular weight is 181 g/mol. The Kier molecular flexibility index (Phi) is 3.01. The molecule has 1 rings (SSSR count). The zero-order valence-corrected chi connectivity index (χ0v) is 8.50. The SMILES string of the molecule is COc1ccc(N(C)C)cc1OC. The van der Waals surface area contributed by atoms with Crippen LogP contribution in [-0.2, 0) is 0 Å². The van der Waals surface area contributed by atoms with E-state index in [9.17, 15) is 0 Å². The first-order valence-corrected chi connectivity index (χ1v) is 4.08. The maximum Gasteiger partial charge on any atom is 0.162 e. The first kappa shape index (κ1) is 9.71. The Labute approximate surface area is 78.9 Å². The van der Waals surface area contributed by atoms with E-state index >= 15 is 0 Å². The molecule has 1 aromatic carbocycles. The Morgan fingerprint density at radius 3 is 2.08 bits per heavy atom. The van der Waals surface area contributed by atoms with Crippen molar-refractivity contribution in [3.8, 4) is 11.5 Å². The third kappa shape index (κ3) is 2.05. The van der Waals surface area contributed by atoms with Crippen molar-refractivity contribution in [2.45, 2.75) is 0 Å². The van der Waals surface area contributed by atoms with Gasteiger partial charge in [0.2, 0.25) is 0 Å². The number of hydrogen-bond acceptors (Lipinski definition) is 3. The van der Waals surface area contributed by atoms with Crippen molar-refractivity contribution >= 4 is 5.69 Å². The maximum absolute atomic E-state index is 5.18. The fourth-order valence-electron chi connectivity index (χ4n) is 1.10. The molecule has 0 spiro atoms. The van der Waals surface area contributed by atoms with Gasteiger partial charge in [0.05, 0.1) is 14.2 Å². The minimum atomic E-state index is 0.758. The molecule has 0 aliphatic carbocycles. The van der Waals surface area contributed by atoms with E-state index in [1.54, 1.807) is 14.2 Å². The van der Waals surface area contributed by atoms with Crippen molar-refractivity contribution in [3.05, 3.63) is 18.2 Å². The summed E-state index contributed by atoms with van der Waals surface area (Å²) in [7, 11) is 7.24. The van der Waals surface area contributed by atoms with E-state index in [4.69, 9.17) is 9.47 Å². The normalized spacial score (nSPS) is 9.54. The van der Waals surface area contributed by atoms with Gasteiger partial charge in [-0.25, -0.2) is 0 Å². The molecule has 0 N–H and O–H groups in total. The molecule has 0 fully saturated rings. The highest BCUT2D eigenvalue weighted by Gasteiger charge is 2.04. The van der Waals surface area contributed by atoms with Crippen molar-refractivity contribution in [3.63, 3.8) is 0 Å². The number of nitrogens with zero attached hydrogens (tertiary/aromatic N) is 1. The zero-order valence-electron chi connectivity index (χ0n) is 8.50. The van der Waals surface area contributed by atoms with Crippen LogP contribution in [0.4, 0.5) is 5.69 Å². The second-order valence-electron chi connectivity index (χ2n) is 2.93. The van der Waals surface area contributed by atoms with Gasteiger partial charge in [-0.2, -0.15) is 0 Å².